The van der Waals surface area contributed by atoms with Gasteiger partial charge in [-0.2, -0.15) is 0 Å². The fourth-order valence-electron chi connectivity index (χ4n) is 3.72. The van der Waals surface area contributed by atoms with E-state index in [1.165, 1.54) is 26.3 Å². The molecule has 3 rings (SSSR count). The number of sulfonamides is 1. The van der Waals surface area contributed by atoms with Gasteiger partial charge in [-0.1, -0.05) is 16.1 Å². The van der Waals surface area contributed by atoms with Crippen molar-refractivity contribution in [2.45, 2.75) is 17.7 Å². The Kier molecular flexibility index (Phi) is 7.53. The first-order chi connectivity index (χ1) is 13.8. The number of rotatable bonds is 6. The van der Waals surface area contributed by atoms with Crippen LogP contribution < -0.4 is 0 Å². The molecule has 2 aliphatic heterocycles. The van der Waals surface area contributed by atoms with E-state index in [-0.39, 0.29) is 15.8 Å². The topological polar surface area (TPSA) is 79.4 Å². The summed E-state index contributed by atoms with van der Waals surface area (Å²) in [6.07, 6.45) is 1.88. The van der Waals surface area contributed by atoms with Gasteiger partial charge >= 0.3 is 0 Å². The van der Waals surface area contributed by atoms with Crippen LogP contribution in [-0.2, 0) is 19.6 Å². The van der Waals surface area contributed by atoms with Crippen molar-refractivity contribution in [2.75, 3.05) is 60.1 Å². The van der Waals surface area contributed by atoms with Gasteiger partial charge in [0.1, 0.15) is 4.90 Å². The van der Waals surface area contributed by atoms with E-state index in [0.717, 1.165) is 50.2 Å². The van der Waals surface area contributed by atoms with Gasteiger partial charge in [-0.3, -0.25) is 14.5 Å². The van der Waals surface area contributed by atoms with Crippen LogP contribution in [0.1, 0.15) is 23.2 Å². The summed E-state index contributed by atoms with van der Waals surface area (Å²) < 4.78 is 31.2. The summed E-state index contributed by atoms with van der Waals surface area (Å²) >= 11 is 6.08. The minimum absolute atomic E-state index is 0.0506. The Hall–Kier alpha value is -1.23. The number of morpholine rings is 1. The second-order valence-electron chi connectivity index (χ2n) is 7.39. The zero-order valence-electron chi connectivity index (χ0n) is 16.8. The molecule has 0 radical (unpaired) electrons. The molecule has 0 aromatic heterocycles. The SMILES string of the molecule is CON(C)S(=O)(=O)c1cc(C(=O)N2CCC(CN3CCOCC3)CC2)ccc1Cl. The first-order valence-corrected chi connectivity index (χ1v) is 11.6. The molecule has 29 heavy (non-hydrogen) atoms. The molecule has 162 valence electrons. The number of piperidine rings is 1. The maximum absolute atomic E-state index is 12.9. The molecular formula is C19H28ClN3O5S. The minimum Gasteiger partial charge on any atom is -0.379 e. The molecule has 0 aliphatic carbocycles. The minimum atomic E-state index is -3.94. The third-order valence-corrected chi connectivity index (χ3v) is 7.73. The molecule has 0 unspecified atom stereocenters. The van der Waals surface area contributed by atoms with Crippen molar-refractivity contribution in [1.82, 2.24) is 14.3 Å². The van der Waals surface area contributed by atoms with Crippen molar-refractivity contribution < 1.29 is 22.8 Å². The summed E-state index contributed by atoms with van der Waals surface area (Å²) in [5.74, 6) is 0.386. The maximum atomic E-state index is 12.9. The van der Waals surface area contributed by atoms with Crippen LogP contribution in [0.15, 0.2) is 23.1 Å². The fraction of sp³-hybridized carbons (Fsp3) is 0.632. The highest BCUT2D eigenvalue weighted by molar-refractivity contribution is 7.89. The molecule has 2 saturated heterocycles. The summed E-state index contributed by atoms with van der Waals surface area (Å²) in [6, 6.07) is 4.34. The third-order valence-electron chi connectivity index (χ3n) is 5.57. The molecule has 0 bridgehead atoms. The lowest BCUT2D eigenvalue weighted by atomic mass is 9.95. The summed E-state index contributed by atoms with van der Waals surface area (Å²) in [6.45, 7) is 5.88. The van der Waals surface area contributed by atoms with Crippen molar-refractivity contribution >= 4 is 27.5 Å². The smallest absolute Gasteiger partial charge is 0.266 e. The van der Waals surface area contributed by atoms with Gasteiger partial charge in [0.15, 0.2) is 0 Å². The zero-order valence-corrected chi connectivity index (χ0v) is 18.4. The van der Waals surface area contributed by atoms with E-state index in [1.54, 1.807) is 11.0 Å². The Labute approximate surface area is 177 Å². The molecule has 0 saturated carbocycles. The van der Waals surface area contributed by atoms with Gasteiger partial charge < -0.3 is 9.64 Å². The monoisotopic (exact) mass is 445 g/mol. The predicted octanol–water partition coefficient (Wildman–Crippen LogP) is 1.71. The van der Waals surface area contributed by atoms with E-state index >= 15 is 0 Å². The normalized spacial score (nSPS) is 19.7. The van der Waals surface area contributed by atoms with Gasteiger partial charge in [0.05, 0.1) is 25.3 Å². The first kappa shape index (κ1) is 22.5. The number of hydroxylamine groups is 1. The van der Waals surface area contributed by atoms with Crippen LogP contribution in [0.25, 0.3) is 0 Å². The number of amides is 1. The maximum Gasteiger partial charge on any atom is 0.266 e. The van der Waals surface area contributed by atoms with Crippen LogP contribution in [0.2, 0.25) is 5.02 Å². The first-order valence-electron chi connectivity index (χ1n) is 9.75. The molecule has 2 aliphatic rings. The molecule has 0 spiro atoms. The molecule has 1 aromatic carbocycles. The van der Waals surface area contributed by atoms with Gasteiger partial charge in [0.25, 0.3) is 15.9 Å². The number of halogens is 1. The Balaban J connectivity index is 1.64. The number of carbonyl (C=O) groups is 1. The Bertz CT molecular complexity index is 821. The van der Waals surface area contributed by atoms with Crippen LogP contribution in [0.3, 0.4) is 0 Å². The highest BCUT2D eigenvalue weighted by Gasteiger charge is 2.28. The highest BCUT2D eigenvalue weighted by Crippen LogP contribution is 2.27. The van der Waals surface area contributed by atoms with Gasteiger partial charge in [0.2, 0.25) is 0 Å². The van der Waals surface area contributed by atoms with Crippen molar-refractivity contribution in [3.8, 4) is 0 Å². The summed E-state index contributed by atoms with van der Waals surface area (Å²) in [5.41, 5.74) is 0.309. The lowest BCUT2D eigenvalue weighted by molar-refractivity contribution is -0.0258. The number of likely N-dealkylation sites (tertiary alicyclic amines) is 1. The van der Waals surface area contributed by atoms with Crippen LogP contribution in [0, 0.1) is 5.92 Å². The molecule has 2 fully saturated rings. The zero-order chi connectivity index (χ0) is 21.0. The van der Waals surface area contributed by atoms with Crippen molar-refractivity contribution in [2.24, 2.45) is 5.92 Å². The van der Waals surface area contributed by atoms with Gasteiger partial charge in [-0.25, -0.2) is 8.42 Å². The van der Waals surface area contributed by atoms with E-state index in [4.69, 9.17) is 21.2 Å². The van der Waals surface area contributed by atoms with Crippen molar-refractivity contribution in [3.05, 3.63) is 28.8 Å². The quantitative estimate of drug-likeness (QED) is 0.620. The molecule has 0 atom stereocenters. The number of carbonyl (C=O) groups excluding carboxylic acids is 1. The van der Waals surface area contributed by atoms with Crippen molar-refractivity contribution in [1.29, 1.82) is 0 Å². The molecule has 8 nitrogen and oxygen atoms in total. The number of hydrogen-bond donors (Lipinski definition) is 0. The van der Waals surface area contributed by atoms with E-state index in [1.807, 2.05) is 0 Å². The average molecular weight is 446 g/mol. The van der Waals surface area contributed by atoms with Crippen LogP contribution in [-0.4, -0.2) is 88.7 Å². The number of hydrogen-bond acceptors (Lipinski definition) is 6. The summed E-state index contributed by atoms with van der Waals surface area (Å²) in [4.78, 5) is 21.8. The third kappa shape index (κ3) is 5.28. The standard InChI is InChI=1S/C19H28ClN3O5S/c1-21(27-2)29(25,26)18-13-16(3-4-17(18)20)19(24)23-7-5-15(6-8-23)14-22-9-11-28-12-10-22/h3-4,13,15H,5-12,14H2,1-2H3. The second-order valence-corrected chi connectivity index (χ2v) is 9.70. The van der Waals surface area contributed by atoms with E-state index in [0.29, 0.717) is 24.6 Å². The molecular weight excluding hydrogens is 418 g/mol. The largest absolute Gasteiger partial charge is 0.379 e. The van der Waals surface area contributed by atoms with Gasteiger partial charge in [-0.05, 0) is 37.0 Å². The number of nitrogens with zero attached hydrogens (tertiary/aromatic N) is 3. The lowest BCUT2D eigenvalue weighted by Crippen LogP contribution is -2.44. The van der Waals surface area contributed by atoms with Crippen LogP contribution >= 0.6 is 11.6 Å². The van der Waals surface area contributed by atoms with Gasteiger partial charge in [0, 0.05) is 45.3 Å². The predicted molar refractivity (Wildman–Crippen MR) is 109 cm³/mol. The second kappa shape index (κ2) is 9.72. The Morgan fingerprint density at radius 3 is 2.52 bits per heavy atom. The van der Waals surface area contributed by atoms with Crippen molar-refractivity contribution in [3.63, 3.8) is 0 Å². The molecule has 1 aromatic rings. The Morgan fingerprint density at radius 1 is 1.24 bits per heavy atom. The lowest BCUT2D eigenvalue weighted by Gasteiger charge is -2.36. The molecule has 1 amide bonds. The molecule has 2 heterocycles. The van der Waals surface area contributed by atoms with Crippen LogP contribution in [0.5, 0.6) is 0 Å². The fourth-order valence-corrected chi connectivity index (χ4v) is 5.19. The average Bonchev–Trinajstić information content (AvgIpc) is 2.74. The molecule has 0 N–H and O–H groups in total. The summed E-state index contributed by atoms with van der Waals surface area (Å²) in [7, 11) is -1.41. The summed E-state index contributed by atoms with van der Waals surface area (Å²) in [5, 5.41) is 0.0506. The molecule has 10 heteroatoms. The van der Waals surface area contributed by atoms with E-state index < -0.39 is 10.0 Å². The number of ether oxygens (including phenoxy) is 1. The van der Waals surface area contributed by atoms with E-state index in [2.05, 4.69) is 4.90 Å². The number of benzene rings is 1. The Morgan fingerprint density at radius 2 is 1.90 bits per heavy atom. The van der Waals surface area contributed by atoms with Crippen LogP contribution in [0.4, 0.5) is 0 Å². The van der Waals surface area contributed by atoms with Gasteiger partial charge in [-0.15, -0.1) is 0 Å². The highest BCUT2D eigenvalue weighted by atomic mass is 35.5. The van der Waals surface area contributed by atoms with E-state index in [9.17, 15) is 13.2 Å².